The maximum absolute atomic E-state index is 11.7. The molecule has 0 fully saturated rings. The number of hydrogen-bond acceptors (Lipinski definition) is 12. The third kappa shape index (κ3) is 25.5. The maximum atomic E-state index is 11.7. The summed E-state index contributed by atoms with van der Waals surface area (Å²) < 4.78 is 25.5. The van der Waals surface area contributed by atoms with Gasteiger partial charge in [0.2, 0.25) is 17.7 Å². The summed E-state index contributed by atoms with van der Waals surface area (Å²) in [5.74, 6) is -0.547. The van der Waals surface area contributed by atoms with Gasteiger partial charge in [0.1, 0.15) is 25.5 Å². The fraction of sp³-hybridized carbons (Fsp3) is 0.739. The molecule has 1 unspecified atom stereocenters. The van der Waals surface area contributed by atoms with Crippen LogP contribution in [0.1, 0.15) is 25.7 Å². The average molecular weight is 566 g/mol. The van der Waals surface area contributed by atoms with Crippen LogP contribution in [0, 0.1) is 0 Å². The first-order valence-electron chi connectivity index (χ1n) is 12.5. The molecule has 0 radical (unpaired) electrons. The summed E-state index contributed by atoms with van der Waals surface area (Å²) in [5.41, 5.74) is 7.73. The minimum Gasteiger partial charge on any atom is -0.377 e. The number of hydrogen-bond donors (Lipinski definition) is 6. The average Bonchev–Trinajstić information content (AvgIpc) is 2.91. The first-order valence-corrected chi connectivity index (χ1v) is 12.9. The first kappa shape index (κ1) is 35.9. The van der Waals surface area contributed by atoms with E-state index < -0.39 is 6.04 Å². The molecule has 0 aliphatic heterocycles. The Bertz CT molecular complexity index is 659. The van der Waals surface area contributed by atoms with Gasteiger partial charge in [-0.3, -0.25) is 14.4 Å². The van der Waals surface area contributed by atoms with Gasteiger partial charge in [0.25, 0.3) is 0 Å². The molecule has 38 heavy (non-hydrogen) atoms. The molecule has 0 aromatic heterocycles. The number of nitrogens with two attached hydrogens (primary N) is 1. The molecule has 14 nitrogen and oxygen atoms in total. The molecular weight excluding hydrogens is 522 g/mol. The molecule has 0 rings (SSSR count). The quantitative estimate of drug-likeness (QED) is 0.0168. The Morgan fingerprint density at radius 2 is 1.32 bits per heavy atom. The van der Waals surface area contributed by atoms with Crippen LogP contribution >= 0.6 is 12.9 Å². The molecule has 0 heterocycles. The van der Waals surface area contributed by atoms with E-state index in [9.17, 15) is 19.2 Å². The van der Waals surface area contributed by atoms with Gasteiger partial charge in [-0.15, -0.1) is 0 Å². The Balaban J connectivity index is 3.41. The lowest BCUT2D eigenvalue weighted by molar-refractivity contribution is -0.127. The van der Waals surface area contributed by atoms with E-state index in [1.807, 2.05) is 6.08 Å². The Hall–Kier alpha value is -2.11. The number of carbonyl (C=O) groups is 4. The zero-order valence-corrected chi connectivity index (χ0v) is 22.7. The van der Waals surface area contributed by atoms with Crippen LogP contribution in [0.3, 0.4) is 0 Å². The molecule has 0 bridgehead atoms. The number of amides is 3. The molecule has 6 N–H and O–H groups in total. The van der Waals surface area contributed by atoms with Gasteiger partial charge in [0, 0.05) is 26.1 Å². The van der Waals surface area contributed by atoms with Crippen molar-refractivity contribution in [3.05, 3.63) is 12.2 Å². The summed E-state index contributed by atoms with van der Waals surface area (Å²) >= 11 is 3.51. The van der Waals surface area contributed by atoms with Crippen molar-refractivity contribution in [2.75, 3.05) is 79.0 Å². The summed E-state index contributed by atoms with van der Waals surface area (Å²) in [7, 11) is 0. The number of thiol groups is 1. The normalized spacial score (nSPS) is 11.8. The summed E-state index contributed by atoms with van der Waals surface area (Å²) in [4.78, 5) is 45.4. The SMILES string of the molecule is NCCCC(=O)NCCOCCOCC(=O)NCCOCCOCC(=O)NCCCC=CC(C=O)NOS. The van der Waals surface area contributed by atoms with E-state index in [2.05, 4.69) is 38.6 Å². The lowest BCUT2D eigenvalue weighted by atomic mass is 10.2. The molecule has 0 aliphatic carbocycles. The number of nitrogens with one attached hydrogen (secondary N) is 4. The molecule has 15 heteroatoms. The van der Waals surface area contributed by atoms with Crippen molar-refractivity contribution >= 4 is 36.9 Å². The van der Waals surface area contributed by atoms with Gasteiger partial charge in [-0.05, 0) is 38.7 Å². The fourth-order valence-electron chi connectivity index (χ4n) is 2.61. The summed E-state index contributed by atoms with van der Waals surface area (Å²) in [6.07, 6.45) is 6.59. The minimum atomic E-state index is -0.565. The lowest BCUT2D eigenvalue weighted by Crippen LogP contribution is -2.31. The van der Waals surface area contributed by atoms with Crippen molar-refractivity contribution in [2.24, 2.45) is 5.73 Å². The van der Waals surface area contributed by atoms with Crippen LogP contribution in [0.5, 0.6) is 0 Å². The Kier molecular flexibility index (Phi) is 26.4. The standard InChI is InChI=1S/C23H43N5O9S/c24-7-4-6-21(30)26-9-11-33-13-16-36-19-23(32)27-10-12-34-14-15-35-18-22(31)25-8-3-1-2-5-20(17-29)28-37-38/h2,5,17,20,28,38H,1,3-4,6-16,18-19,24H2,(H,25,31)(H,26,30)(H,27,32). The predicted octanol–water partition coefficient (Wildman–Crippen LogP) is -1.59. The third-order valence-corrected chi connectivity index (χ3v) is 4.61. The monoisotopic (exact) mass is 565 g/mol. The van der Waals surface area contributed by atoms with E-state index in [0.29, 0.717) is 78.0 Å². The molecule has 0 aromatic carbocycles. The van der Waals surface area contributed by atoms with Gasteiger partial charge in [0.05, 0.1) is 39.6 Å². The topological polar surface area (TPSA) is 189 Å². The molecule has 0 saturated heterocycles. The summed E-state index contributed by atoms with van der Waals surface area (Å²) in [6, 6.07) is -0.565. The maximum Gasteiger partial charge on any atom is 0.246 e. The van der Waals surface area contributed by atoms with Crippen LogP contribution in [0.25, 0.3) is 0 Å². The van der Waals surface area contributed by atoms with E-state index in [4.69, 9.17) is 24.7 Å². The number of ether oxygens (including phenoxy) is 4. The van der Waals surface area contributed by atoms with Gasteiger partial charge in [-0.25, -0.2) is 4.28 Å². The van der Waals surface area contributed by atoms with Crippen molar-refractivity contribution in [3.8, 4) is 0 Å². The molecule has 0 spiro atoms. The highest BCUT2D eigenvalue weighted by Gasteiger charge is 2.03. The van der Waals surface area contributed by atoms with E-state index in [0.717, 1.165) is 0 Å². The molecule has 1 atom stereocenters. The van der Waals surface area contributed by atoms with Crippen molar-refractivity contribution in [1.82, 2.24) is 21.4 Å². The van der Waals surface area contributed by atoms with Crippen molar-refractivity contribution in [2.45, 2.75) is 31.7 Å². The lowest BCUT2D eigenvalue weighted by Gasteiger charge is -2.09. The van der Waals surface area contributed by atoms with Gasteiger partial charge in [-0.2, -0.15) is 5.48 Å². The van der Waals surface area contributed by atoms with Crippen LogP contribution in [-0.2, 0) is 42.4 Å². The number of carbonyl (C=O) groups excluding carboxylic acids is 4. The number of aldehydes is 1. The number of allylic oxidation sites excluding steroid dienone is 1. The van der Waals surface area contributed by atoms with E-state index >= 15 is 0 Å². The van der Waals surface area contributed by atoms with Crippen molar-refractivity contribution < 1.29 is 42.4 Å². The molecule has 0 saturated carbocycles. The number of unbranched alkanes of at least 4 members (excludes halogenated alkanes) is 1. The Morgan fingerprint density at radius 3 is 1.87 bits per heavy atom. The van der Waals surface area contributed by atoms with Crippen molar-refractivity contribution in [1.29, 1.82) is 0 Å². The predicted molar refractivity (Wildman–Crippen MR) is 142 cm³/mol. The molecular formula is C23H43N5O9S. The van der Waals surface area contributed by atoms with Gasteiger partial charge >= 0.3 is 0 Å². The highest BCUT2D eigenvalue weighted by atomic mass is 32.1. The highest BCUT2D eigenvalue weighted by molar-refractivity contribution is 7.75. The highest BCUT2D eigenvalue weighted by Crippen LogP contribution is 1.93. The number of rotatable bonds is 27. The first-order chi connectivity index (χ1) is 18.5. The molecule has 220 valence electrons. The number of hydroxylamine groups is 1. The minimum absolute atomic E-state index is 0.0509. The fourth-order valence-corrected chi connectivity index (χ4v) is 2.73. The zero-order valence-electron chi connectivity index (χ0n) is 21.8. The van der Waals surface area contributed by atoms with E-state index in [1.165, 1.54) is 0 Å². The van der Waals surface area contributed by atoms with Gasteiger partial charge < -0.3 is 45.4 Å². The summed E-state index contributed by atoms with van der Waals surface area (Å²) in [5, 5.41) is 8.11. The molecule has 0 aromatic rings. The van der Waals surface area contributed by atoms with Crippen LogP contribution < -0.4 is 27.2 Å². The smallest absolute Gasteiger partial charge is 0.246 e. The Morgan fingerprint density at radius 1 is 0.763 bits per heavy atom. The van der Waals surface area contributed by atoms with E-state index in [-0.39, 0.29) is 50.8 Å². The summed E-state index contributed by atoms with van der Waals surface area (Å²) in [6.45, 7) is 3.33. The van der Waals surface area contributed by atoms with Gasteiger partial charge in [-0.1, -0.05) is 12.2 Å². The zero-order chi connectivity index (χ0) is 28.1. The third-order valence-electron chi connectivity index (χ3n) is 4.50. The molecule has 3 amide bonds. The van der Waals surface area contributed by atoms with Crippen LogP contribution in [0.2, 0.25) is 0 Å². The second-order valence-electron chi connectivity index (χ2n) is 7.71. The van der Waals surface area contributed by atoms with Gasteiger partial charge in [0.15, 0.2) is 0 Å². The second-order valence-corrected chi connectivity index (χ2v) is 7.90. The van der Waals surface area contributed by atoms with Crippen LogP contribution in [0.4, 0.5) is 0 Å². The van der Waals surface area contributed by atoms with E-state index in [1.54, 1.807) is 6.08 Å². The van der Waals surface area contributed by atoms with Crippen molar-refractivity contribution in [3.63, 3.8) is 0 Å². The Labute approximate surface area is 229 Å². The molecule has 0 aliphatic rings. The van der Waals surface area contributed by atoms with Crippen LogP contribution in [0.15, 0.2) is 12.2 Å². The van der Waals surface area contributed by atoms with Crippen LogP contribution in [-0.4, -0.2) is 109 Å². The second kappa shape index (κ2) is 27.9. The largest absolute Gasteiger partial charge is 0.377 e.